The van der Waals surface area contributed by atoms with Crippen molar-refractivity contribution >= 4 is 35.0 Å². The number of amides is 1. The van der Waals surface area contributed by atoms with Gasteiger partial charge < -0.3 is 14.6 Å². The fourth-order valence-corrected chi connectivity index (χ4v) is 3.03. The minimum Gasteiger partial charge on any atom is -0.507 e. The molecule has 29 heavy (non-hydrogen) atoms. The normalized spacial score (nSPS) is 16.4. The quantitative estimate of drug-likeness (QED) is 0.334. The number of thioether (sulfide) groups is 1. The average molecular weight is 412 g/mol. The molecular weight excluding hydrogens is 396 g/mol. The number of hydrogen-bond donors (Lipinski definition) is 2. The second-order valence-electron chi connectivity index (χ2n) is 5.60. The SMILES string of the molecule is COC(=O)/C=C1/S/C(=N\N=Cc2cc(-c3ccc(OC)nc3)ccc2O)NC1=O. The number of methoxy groups -OCH3 is 2. The molecular formula is C19H16N4O5S. The Morgan fingerprint density at radius 3 is 2.72 bits per heavy atom. The summed E-state index contributed by atoms with van der Waals surface area (Å²) >= 11 is 0.959. The Morgan fingerprint density at radius 2 is 2.03 bits per heavy atom. The van der Waals surface area contributed by atoms with Crippen LogP contribution < -0.4 is 10.1 Å². The lowest BCUT2D eigenvalue weighted by Crippen LogP contribution is -2.19. The highest BCUT2D eigenvalue weighted by Crippen LogP contribution is 2.26. The number of phenolic OH excluding ortho intramolecular Hbond substituents is 1. The number of pyridine rings is 1. The molecule has 0 atom stereocenters. The standard InChI is InChI=1S/C19H16N4O5S/c1-27-16-6-4-12(9-20-16)11-3-5-14(24)13(7-11)10-21-23-19-22-18(26)15(29-19)8-17(25)28-2/h3-10,24H,1-2H3,(H,22,23,26)/b15-8+,21-10?. The van der Waals surface area contributed by atoms with Crippen LogP contribution in [0.4, 0.5) is 0 Å². The molecule has 1 aromatic heterocycles. The van der Waals surface area contributed by atoms with E-state index in [1.807, 2.05) is 6.07 Å². The van der Waals surface area contributed by atoms with Crippen LogP contribution in [0, 0.1) is 0 Å². The van der Waals surface area contributed by atoms with Crippen molar-refractivity contribution in [1.82, 2.24) is 10.3 Å². The van der Waals surface area contributed by atoms with E-state index in [0.717, 1.165) is 29.0 Å². The summed E-state index contributed by atoms with van der Waals surface area (Å²) < 4.78 is 9.54. The highest BCUT2D eigenvalue weighted by Gasteiger charge is 2.25. The van der Waals surface area contributed by atoms with E-state index in [-0.39, 0.29) is 15.8 Å². The van der Waals surface area contributed by atoms with Crippen molar-refractivity contribution in [2.24, 2.45) is 10.2 Å². The van der Waals surface area contributed by atoms with Crippen LogP contribution in [0.25, 0.3) is 11.1 Å². The number of rotatable bonds is 5. The summed E-state index contributed by atoms with van der Waals surface area (Å²) in [5.41, 5.74) is 2.09. The highest BCUT2D eigenvalue weighted by molar-refractivity contribution is 8.18. The van der Waals surface area contributed by atoms with Crippen molar-refractivity contribution < 1.29 is 24.2 Å². The van der Waals surface area contributed by atoms with Crippen molar-refractivity contribution in [2.75, 3.05) is 14.2 Å². The summed E-state index contributed by atoms with van der Waals surface area (Å²) in [5.74, 6) is -0.580. The number of hydrogen-bond acceptors (Lipinski definition) is 9. The largest absolute Gasteiger partial charge is 0.507 e. The molecule has 1 amide bonds. The Kier molecular flexibility index (Phi) is 6.25. The maximum absolute atomic E-state index is 11.8. The molecule has 10 heteroatoms. The van der Waals surface area contributed by atoms with Crippen molar-refractivity contribution in [3.05, 3.63) is 53.1 Å². The van der Waals surface area contributed by atoms with Crippen LogP contribution in [0.1, 0.15) is 5.56 Å². The summed E-state index contributed by atoms with van der Waals surface area (Å²) in [6, 6.07) is 8.60. The predicted octanol–water partition coefficient (Wildman–Crippen LogP) is 2.07. The van der Waals surface area contributed by atoms with Crippen molar-refractivity contribution in [1.29, 1.82) is 0 Å². The molecule has 148 valence electrons. The van der Waals surface area contributed by atoms with Crippen molar-refractivity contribution in [3.8, 4) is 22.8 Å². The summed E-state index contributed by atoms with van der Waals surface area (Å²) in [6.07, 6.45) is 4.09. The first-order valence-electron chi connectivity index (χ1n) is 8.23. The molecule has 0 aliphatic carbocycles. The van der Waals surface area contributed by atoms with Gasteiger partial charge in [0.2, 0.25) is 5.88 Å². The summed E-state index contributed by atoms with van der Waals surface area (Å²) in [5, 5.41) is 20.6. The van der Waals surface area contributed by atoms with Gasteiger partial charge in [0.25, 0.3) is 5.91 Å². The Hall–Kier alpha value is -3.66. The number of carbonyl (C=O) groups excluding carboxylic acids is 2. The average Bonchev–Trinajstić information content (AvgIpc) is 3.08. The van der Waals surface area contributed by atoms with E-state index in [2.05, 4.69) is 25.2 Å². The lowest BCUT2D eigenvalue weighted by atomic mass is 10.0. The smallest absolute Gasteiger partial charge is 0.331 e. The second-order valence-corrected chi connectivity index (χ2v) is 6.63. The zero-order chi connectivity index (χ0) is 20.8. The van der Waals surface area contributed by atoms with Gasteiger partial charge in [0.05, 0.1) is 25.3 Å². The fraction of sp³-hybridized carbons (Fsp3) is 0.105. The number of nitrogens with one attached hydrogen (secondary N) is 1. The van der Waals surface area contributed by atoms with Crippen LogP contribution in [0.3, 0.4) is 0 Å². The molecule has 1 fully saturated rings. The fourth-order valence-electron chi connectivity index (χ4n) is 2.29. The van der Waals surface area contributed by atoms with Gasteiger partial charge >= 0.3 is 5.97 Å². The monoisotopic (exact) mass is 412 g/mol. The van der Waals surface area contributed by atoms with Crippen LogP contribution in [0.15, 0.2) is 57.7 Å². The molecule has 1 aliphatic heterocycles. The van der Waals surface area contributed by atoms with Crippen LogP contribution in [-0.2, 0) is 14.3 Å². The summed E-state index contributed by atoms with van der Waals surface area (Å²) in [4.78, 5) is 27.3. The van der Waals surface area contributed by atoms with E-state index in [0.29, 0.717) is 11.4 Å². The third-order valence-corrected chi connectivity index (χ3v) is 4.65. The number of aromatic hydroxyl groups is 1. The number of nitrogens with zero attached hydrogens (tertiary/aromatic N) is 3. The number of phenols is 1. The molecule has 2 aromatic rings. The van der Waals surface area contributed by atoms with Gasteiger partial charge in [-0.2, -0.15) is 5.10 Å². The number of ether oxygens (including phenoxy) is 2. The van der Waals surface area contributed by atoms with Gasteiger partial charge in [-0.1, -0.05) is 6.07 Å². The van der Waals surface area contributed by atoms with Crippen LogP contribution in [0.5, 0.6) is 11.6 Å². The number of carbonyl (C=O) groups is 2. The third-order valence-electron chi connectivity index (χ3n) is 3.75. The molecule has 3 rings (SSSR count). The lowest BCUT2D eigenvalue weighted by Gasteiger charge is -2.05. The first-order chi connectivity index (χ1) is 14.0. The van der Waals surface area contributed by atoms with Gasteiger partial charge in [0.1, 0.15) is 5.75 Å². The van der Waals surface area contributed by atoms with Gasteiger partial charge in [-0.05, 0) is 35.5 Å². The number of amidine groups is 1. The molecule has 1 aromatic carbocycles. The van der Waals surface area contributed by atoms with Crippen molar-refractivity contribution in [2.45, 2.75) is 0 Å². The summed E-state index contributed by atoms with van der Waals surface area (Å²) in [7, 11) is 2.76. The van der Waals surface area contributed by atoms with Gasteiger partial charge in [-0.15, -0.1) is 5.10 Å². The molecule has 9 nitrogen and oxygen atoms in total. The molecule has 0 radical (unpaired) electrons. The van der Waals surface area contributed by atoms with E-state index >= 15 is 0 Å². The van der Waals surface area contributed by atoms with Gasteiger partial charge in [-0.3, -0.25) is 10.1 Å². The molecule has 0 saturated carbocycles. The molecule has 0 bridgehead atoms. The zero-order valence-electron chi connectivity index (χ0n) is 15.4. The molecule has 1 aliphatic rings. The first-order valence-corrected chi connectivity index (χ1v) is 9.05. The van der Waals surface area contributed by atoms with E-state index in [4.69, 9.17) is 4.74 Å². The minimum absolute atomic E-state index is 0.0218. The first kappa shape index (κ1) is 20.1. The Labute approximate surface area is 170 Å². The third kappa shape index (κ3) is 4.99. The molecule has 2 heterocycles. The lowest BCUT2D eigenvalue weighted by molar-refractivity contribution is -0.135. The Balaban J connectivity index is 1.77. The van der Waals surface area contributed by atoms with E-state index < -0.39 is 11.9 Å². The predicted molar refractivity (Wildman–Crippen MR) is 109 cm³/mol. The molecule has 0 spiro atoms. The molecule has 1 saturated heterocycles. The molecule has 2 N–H and O–H groups in total. The maximum Gasteiger partial charge on any atom is 0.331 e. The maximum atomic E-state index is 11.8. The van der Waals surface area contributed by atoms with Crippen LogP contribution >= 0.6 is 11.8 Å². The van der Waals surface area contributed by atoms with E-state index in [1.165, 1.54) is 26.5 Å². The summed E-state index contributed by atoms with van der Waals surface area (Å²) in [6.45, 7) is 0. The number of benzene rings is 1. The Bertz CT molecular complexity index is 1030. The van der Waals surface area contributed by atoms with Crippen LogP contribution in [-0.4, -0.2) is 47.6 Å². The second kappa shape index (κ2) is 9.02. The van der Waals surface area contributed by atoms with E-state index in [9.17, 15) is 14.7 Å². The van der Waals surface area contributed by atoms with Gasteiger partial charge in [0, 0.05) is 29.5 Å². The zero-order valence-corrected chi connectivity index (χ0v) is 16.3. The minimum atomic E-state index is -0.637. The van der Waals surface area contributed by atoms with E-state index in [1.54, 1.807) is 24.4 Å². The Morgan fingerprint density at radius 1 is 1.24 bits per heavy atom. The number of esters is 1. The van der Waals surface area contributed by atoms with Crippen LogP contribution in [0.2, 0.25) is 0 Å². The topological polar surface area (TPSA) is 122 Å². The van der Waals surface area contributed by atoms with Gasteiger partial charge in [0.15, 0.2) is 5.17 Å². The van der Waals surface area contributed by atoms with Gasteiger partial charge in [-0.25, -0.2) is 9.78 Å². The number of aromatic nitrogens is 1. The molecule has 0 unspecified atom stereocenters. The highest BCUT2D eigenvalue weighted by atomic mass is 32.2. The van der Waals surface area contributed by atoms with Crippen molar-refractivity contribution in [3.63, 3.8) is 0 Å².